The summed E-state index contributed by atoms with van der Waals surface area (Å²) in [6, 6.07) is 7.94. The van der Waals surface area contributed by atoms with Crippen molar-refractivity contribution in [2.45, 2.75) is 19.8 Å². The minimum absolute atomic E-state index is 0.503. The molecule has 0 aliphatic carbocycles. The average molecular weight is 205 g/mol. The number of carbonyl (C=O) groups excluding carboxylic acids is 1. The fraction of sp³-hybridized carbons (Fsp3) is 0.250. The van der Waals surface area contributed by atoms with Crippen LogP contribution >= 0.6 is 0 Å². The molecule has 0 aliphatic rings. The Morgan fingerprint density at radius 2 is 1.93 bits per heavy atom. The van der Waals surface area contributed by atoms with Crippen molar-refractivity contribution in [3.8, 4) is 0 Å². The van der Waals surface area contributed by atoms with Crippen LogP contribution in [0.3, 0.4) is 0 Å². The van der Waals surface area contributed by atoms with Crippen molar-refractivity contribution in [2.24, 2.45) is 0 Å². The maximum absolute atomic E-state index is 10.7. The van der Waals surface area contributed by atoms with Crippen LogP contribution in [0.4, 0.5) is 0 Å². The smallest absolute Gasteiger partial charge is 0.267 e. The number of hydroxylamine groups is 1. The SMILES string of the molecule is CC(C)c1ccc(/C=C/C(=O)NO)cc1. The molecule has 1 aromatic carbocycles. The van der Waals surface area contributed by atoms with Crippen LogP contribution in [0.25, 0.3) is 6.08 Å². The first-order chi connectivity index (χ1) is 7.13. The first-order valence-corrected chi connectivity index (χ1v) is 4.85. The lowest BCUT2D eigenvalue weighted by molar-refractivity contribution is -0.124. The van der Waals surface area contributed by atoms with E-state index in [1.54, 1.807) is 6.08 Å². The van der Waals surface area contributed by atoms with Gasteiger partial charge in [-0.1, -0.05) is 38.1 Å². The number of carbonyl (C=O) groups is 1. The Morgan fingerprint density at radius 1 is 1.33 bits per heavy atom. The molecule has 0 bridgehead atoms. The summed E-state index contributed by atoms with van der Waals surface area (Å²) in [5, 5.41) is 8.28. The van der Waals surface area contributed by atoms with Crippen LogP contribution in [0.5, 0.6) is 0 Å². The van der Waals surface area contributed by atoms with Crippen molar-refractivity contribution in [2.75, 3.05) is 0 Å². The van der Waals surface area contributed by atoms with Crippen molar-refractivity contribution in [1.82, 2.24) is 5.48 Å². The summed E-state index contributed by atoms with van der Waals surface area (Å²) in [7, 11) is 0. The lowest BCUT2D eigenvalue weighted by atomic mass is 10.0. The maximum atomic E-state index is 10.7. The van der Waals surface area contributed by atoms with E-state index in [9.17, 15) is 4.79 Å². The molecule has 1 amide bonds. The molecule has 0 aliphatic heterocycles. The molecule has 2 N–H and O–H groups in total. The molecule has 15 heavy (non-hydrogen) atoms. The number of amides is 1. The van der Waals surface area contributed by atoms with Crippen molar-refractivity contribution >= 4 is 12.0 Å². The zero-order valence-electron chi connectivity index (χ0n) is 8.90. The topological polar surface area (TPSA) is 49.3 Å². The Bertz CT molecular complexity index is 352. The highest BCUT2D eigenvalue weighted by atomic mass is 16.5. The third kappa shape index (κ3) is 3.56. The number of benzene rings is 1. The predicted octanol–water partition coefficient (Wildman–Crippen LogP) is 2.33. The molecular formula is C12H15NO2. The zero-order chi connectivity index (χ0) is 11.3. The molecule has 0 fully saturated rings. The van der Waals surface area contributed by atoms with Crippen LogP contribution in [-0.2, 0) is 4.79 Å². The summed E-state index contributed by atoms with van der Waals surface area (Å²) in [5.41, 5.74) is 3.74. The molecular weight excluding hydrogens is 190 g/mol. The second-order valence-electron chi connectivity index (χ2n) is 3.63. The molecule has 0 radical (unpaired) electrons. The summed E-state index contributed by atoms with van der Waals surface area (Å²) in [6.45, 7) is 4.26. The Hall–Kier alpha value is -1.61. The van der Waals surface area contributed by atoms with Crippen LogP contribution in [0, 0.1) is 0 Å². The Labute approximate surface area is 89.4 Å². The summed E-state index contributed by atoms with van der Waals surface area (Å²) < 4.78 is 0. The van der Waals surface area contributed by atoms with Gasteiger partial charge in [-0.05, 0) is 23.1 Å². The van der Waals surface area contributed by atoms with E-state index in [1.807, 2.05) is 24.3 Å². The normalized spacial score (nSPS) is 10.9. The molecule has 1 rings (SSSR count). The molecule has 0 saturated carbocycles. The van der Waals surface area contributed by atoms with Gasteiger partial charge in [0.1, 0.15) is 0 Å². The molecule has 80 valence electrons. The summed E-state index contributed by atoms with van der Waals surface area (Å²) in [4.78, 5) is 10.7. The maximum Gasteiger partial charge on any atom is 0.267 e. The van der Waals surface area contributed by atoms with Crippen LogP contribution < -0.4 is 5.48 Å². The van der Waals surface area contributed by atoms with Gasteiger partial charge in [-0.3, -0.25) is 10.0 Å². The van der Waals surface area contributed by atoms with Crippen molar-refractivity contribution in [3.05, 3.63) is 41.5 Å². The fourth-order valence-corrected chi connectivity index (χ4v) is 1.20. The van der Waals surface area contributed by atoms with E-state index in [4.69, 9.17) is 5.21 Å². The largest absolute Gasteiger partial charge is 0.288 e. The highest BCUT2D eigenvalue weighted by Gasteiger charge is 1.97. The van der Waals surface area contributed by atoms with E-state index in [0.29, 0.717) is 5.92 Å². The van der Waals surface area contributed by atoms with Gasteiger partial charge in [-0.2, -0.15) is 0 Å². The van der Waals surface area contributed by atoms with Crippen LogP contribution in [0.2, 0.25) is 0 Å². The number of rotatable bonds is 3. The van der Waals surface area contributed by atoms with Gasteiger partial charge in [0.25, 0.3) is 5.91 Å². The van der Waals surface area contributed by atoms with E-state index in [-0.39, 0.29) is 0 Å². The van der Waals surface area contributed by atoms with Crippen molar-refractivity contribution in [3.63, 3.8) is 0 Å². The van der Waals surface area contributed by atoms with E-state index in [1.165, 1.54) is 17.1 Å². The predicted molar refractivity (Wildman–Crippen MR) is 59.5 cm³/mol. The van der Waals surface area contributed by atoms with Crippen molar-refractivity contribution < 1.29 is 10.0 Å². The van der Waals surface area contributed by atoms with Gasteiger partial charge in [0, 0.05) is 6.08 Å². The highest BCUT2D eigenvalue weighted by Crippen LogP contribution is 2.15. The minimum atomic E-state index is -0.525. The molecule has 0 heterocycles. The lowest BCUT2D eigenvalue weighted by Crippen LogP contribution is -2.14. The van der Waals surface area contributed by atoms with Gasteiger partial charge >= 0.3 is 0 Å². The Morgan fingerprint density at radius 3 is 2.40 bits per heavy atom. The van der Waals surface area contributed by atoms with E-state index in [0.717, 1.165) is 5.56 Å². The van der Waals surface area contributed by atoms with Gasteiger partial charge < -0.3 is 0 Å². The third-order valence-corrected chi connectivity index (χ3v) is 2.14. The van der Waals surface area contributed by atoms with Gasteiger partial charge in [0.05, 0.1) is 0 Å². The van der Waals surface area contributed by atoms with E-state index in [2.05, 4.69) is 13.8 Å². The van der Waals surface area contributed by atoms with E-state index < -0.39 is 5.91 Å². The van der Waals surface area contributed by atoms with E-state index >= 15 is 0 Å². The van der Waals surface area contributed by atoms with Crippen LogP contribution in [0.1, 0.15) is 30.9 Å². The molecule has 1 aromatic rings. The van der Waals surface area contributed by atoms with Gasteiger partial charge in [-0.25, -0.2) is 5.48 Å². The first-order valence-electron chi connectivity index (χ1n) is 4.85. The lowest BCUT2D eigenvalue weighted by Gasteiger charge is -2.04. The zero-order valence-corrected chi connectivity index (χ0v) is 8.90. The second-order valence-corrected chi connectivity index (χ2v) is 3.63. The summed E-state index contributed by atoms with van der Waals surface area (Å²) in [6.07, 6.45) is 2.93. The molecule has 0 aromatic heterocycles. The first kappa shape index (κ1) is 11.5. The standard InChI is InChI=1S/C12H15NO2/c1-9(2)11-6-3-10(4-7-11)5-8-12(14)13-15/h3-9,15H,1-2H3,(H,13,14)/b8-5+. The Kier molecular flexibility index (Phi) is 4.06. The minimum Gasteiger partial charge on any atom is -0.288 e. The van der Waals surface area contributed by atoms with Crippen LogP contribution in [0.15, 0.2) is 30.3 Å². The molecule has 3 heteroatoms. The van der Waals surface area contributed by atoms with Gasteiger partial charge in [0.15, 0.2) is 0 Å². The second kappa shape index (κ2) is 5.32. The third-order valence-electron chi connectivity index (χ3n) is 2.14. The Balaban J connectivity index is 2.72. The number of nitrogens with one attached hydrogen (secondary N) is 1. The van der Waals surface area contributed by atoms with Crippen molar-refractivity contribution in [1.29, 1.82) is 0 Å². The average Bonchev–Trinajstić information content (AvgIpc) is 2.26. The molecule has 0 unspecified atom stereocenters. The van der Waals surface area contributed by atoms with Gasteiger partial charge in [0.2, 0.25) is 0 Å². The fourth-order valence-electron chi connectivity index (χ4n) is 1.20. The highest BCUT2D eigenvalue weighted by molar-refractivity contribution is 5.90. The molecule has 0 spiro atoms. The number of hydrogen-bond donors (Lipinski definition) is 2. The monoisotopic (exact) mass is 205 g/mol. The summed E-state index contributed by atoms with van der Waals surface area (Å²) in [5.74, 6) is -0.0216. The molecule has 0 saturated heterocycles. The molecule has 3 nitrogen and oxygen atoms in total. The van der Waals surface area contributed by atoms with Crippen LogP contribution in [-0.4, -0.2) is 11.1 Å². The number of hydrogen-bond acceptors (Lipinski definition) is 2. The van der Waals surface area contributed by atoms with Gasteiger partial charge in [-0.15, -0.1) is 0 Å². The quantitative estimate of drug-likeness (QED) is 0.452. The summed E-state index contributed by atoms with van der Waals surface area (Å²) >= 11 is 0. The molecule has 0 atom stereocenters.